The highest BCUT2D eigenvalue weighted by molar-refractivity contribution is 6.32. The van der Waals surface area contributed by atoms with Crippen LogP contribution in [-0.4, -0.2) is 23.2 Å². The summed E-state index contributed by atoms with van der Waals surface area (Å²) in [7, 11) is 0. The van der Waals surface area contributed by atoms with Crippen molar-refractivity contribution in [2.24, 2.45) is 5.41 Å². The molecule has 1 aromatic carbocycles. The second-order valence-electron chi connectivity index (χ2n) is 5.59. The summed E-state index contributed by atoms with van der Waals surface area (Å²) >= 11 is 6.03. The van der Waals surface area contributed by atoms with E-state index >= 15 is 0 Å². The Labute approximate surface area is 123 Å². The zero-order valence-electron chi connectivity index (χ0n) is 11.7. The number of carbonyl (C=O) groups excluding carboxylic acids is 1. The Balaban J connectivity index is 2.49. The Morgan fingerprint density at radius 1 is 1.50 bits per heavy atom. The molecule has 0 aliphatic carbocycles. The summed E-state index contributed by atoms with van der Waals surface area (Å²) in [4.78, 5) is 14.1. The van der Waals surface area contributed by atoms with Crippen LogP contribution in [0, 0.1) is 16.7 Å². The molecular formula is C15H17ClN2O2. The lowest BCUT2D eigenvalue weighted by Crippen LogP contribution is -2.36. The van der Waals surface area contributed by atoms with Gasteiger partial charge in [0.15, 0.2) is 0 Å². The van der Waals surface area contributed by atoms with E-state index in [1.807, 2.05) is 13.0 Å². The van der Waals surface area contributed by atoms with Crippen LogP contribution < -0.4 is 4.90 Å². The van der Waals surface area contributed by atoms with Crippen molar-refractivity contribution in [3.05, 3.63) is 28.8 Å². The summed E-state index contributed by atoms with van der Waals surface area (Å²) in [5, 5.41) is 19.5. The van der Waals surface area contributed by atoms with Gasteiger partial charge < -0.3 is 10.0 Å². The third-order valence-corrected chi connectivity index (χ3v) is 4.29. The summed E-state index contributed by atoms with van der Waals surface area (Å²) in [5.74, 6) is -0.127. The van der Waals surface area contributed by atoms with Crippen LogP contribution in [0.25, 0.3) is 0 Å². The fourth-order valence-corrected chi connectivity index (χ4v) is 2.89. The Morgan fingerprint density at radius 3 is 2.65 bits per heavy atom. The maximum atomic E-state index is 12.5. The van der Waals surface area contributed by atoms with Crippen LogP contribution in [0.15, 0.2) is 18.2 Å². The predicted octanol–water partition coefficient (Wildman–Crippen LogP) is 2.72. The van der Waals surface area contributed by atoms with E-state index in [2.05, 4.69) is 0 Å². The number of nitriles is 1. The molecular weight excluding hydrogens is 276 g/mol. The molecule has 0 saturated carbocycles. The summed E-state index contributed by atoms with van der Waals surface area (Å²) < 4.78 is 0. The van der Waals surface area contributed by atoms with Crippen molar-refractivity contribution in [1.82, 2.24) is 0 Å². The molecule has 5 heteroatoms. The maximum absolute atomic E-state index is 12.5. The lowest BCUT2D eigenvalue weighted by molar-refractivity contribution is -0.126. The van der Waals surface area contributed by atoms with Gasteiger partial charge in [0.1, 0.15) is 6.07 Å². The molecule has 20 heavy (non-hydrogen) atoms. The van der Waals surface area contributed by atoms with Crippen LogP contribution in [-0.2, 0) is 4.79 Å². The summed E-state index contributed by atoms with van der Waals surface area (Å²) in [6.07, 6.45) is -0.0806. The Kier molecular flexibility index (Phi) is 3.77. The van der Waals surface area contributed by atoms with Gasteiger partial charge in [-0.25, -0.2) is 0 Å². The molecule has 106 valence electrons. The monoisotopic (exact) mass is 292 g/mol. The van der Waals surface area contributed by atoms with Gasteiger partial charge >= 0.3 is 0 Å². The largest absolute Gasteiger partial charge is 0.390 e. The Bertz CT molecular complexity index is 592. The minimum atomic E-state index is -0.818. The fourth-order valence-electron chi connectivity index (χ4n) is 2.67. The standard InChI is InChI=1S/C15H17ClN2O2/c1-4-12-13(19)15(2,3)14(20)18(12)10-6-5-9(8-17)11(16)7-10/h5-7,12-13,19H,4H2,1-3H3/t12-,13+/m0/s1. The van der Waals surface area contributed by atoms with Gasteiger partial charge in [0.25, 0.3) is 0 Å². The molecule has 2 atom stereocenters. The van der Waals surface area contributed by atoms with Crippen molar-refractivity contribution in [2.45, 2.75) is 39.3 Å². The summed E-state index contributed by atoms with van der Waals surface area (Å²) in [6, 6.07) is 6.61. The molecule has 0 radical (unpaired) electrons. The lowest BCUT2D eigenvalue weighted by Gasteiger charge is -2.25. The fraction of sp³-hybridized carbons (Fsp3) is 0.467. The van der Waals surface area contributed by atoms with E-state index in [0.717, 1.165) is 0 Å². The van der Waals surface area contributed by atoms with Crippen LogP contribution in [0.3, 0.4) is 0 Å². The minimum absolute atomic E-state index is 0.127. The number of hydrogen-bond donors (Lipinski definition) is 1. The number of hydrogen-bond acceptors (Lipinski definition) is 3. The van der Waals surface area contributed by atoms with E-state index in [1.54, 1.807) is 36.9 Å². The van der Waals surface area contributed by atoms with Crippen LogP contribution in [0.4, 0.5) is 5.69 Å². The third-order valence-electron chi connectivity index (χ3n) is 3.98. The van der Waals surface area contributed by atoms with E-state index in [0.29, 0.717) is 22.7 Å². The minimum Gasteiger partial charge on any atom is -0.390 e. The van der Waals surface area contributed by atoms with Crippen LogP contribution in [0.1, 0.15) is 32.8 Å². The molecule has 2 rings (SSSR count). The maximum Gasteiger partial charge on any atom is 0.235 e. The Hall–Kier alpha value is -1.57. The molecule has 1 amide bonds. The molecule has 0 bridgehead atoms. The second-order valence-corrected chi connectivity index (χ2v) is 6.00. The second kappa shape index (κ2) is 5.08. The molecule has 1 aliphatic heterocycles. The normalized spacial score (nSPS) is 24.8. The quantitative estimate of drug-likeness (QED) is 0.911. The van der Waals surface area contributed by atoms with Crippen molar-refractivity contribution >= 4 is 23.2 Å². The van der Waals surface area contributed by atoms with Crippen molar-refractivity contribution in [3.63, 3.8) is 0 Å². The number of amides is 1. The smallest absolute Gasteiger partial charge is 0.235 e. The topological polar surface area (TPSA) is 64.3 Å². The van der Waals surface area contributed by atoms with Gasteiger partial charge in [-0.05, 0) is 38.5 Å². The van der Waals surface area contributed by atoms with Gasteiger partial charge in [0, 0.05) is 5.69 Å². The molecule has 0 unspecified atom stereocenters. The van der Waals surface area contributed by atoms with Gasteiger partial charge in [0.2, 0.25) is 5.91 Å². The average Bonchev–Trinajstić information content (AvgIpc) is 2.59. The number of anilines is 1. The van der Waals surface area contributed by atoms with Gasteiger partial charge in [-0.3, -0.25) is 4.79 Å². The van der Waals surface area contributed by atoms with Gasteiger partial charge in [0.05, 0.1) is 28.1 Å². The van der Waals surface area contributed by atoms with E-state index in [-0.39, 0.29) is 11.9 Å². The number of benzene rings is 1. The lowest BCUT2D eigenvalue weighted by atomic mass is 9.86. The highest BCUT2D eigenvalue weighted by Gasteiger charge is 2.52. The summed E-state index contributed by atoms with van der Waals surface area (Å²) in [5.41, 5.74) is 0.173. The Morgan fingerprint density at radius 2 is 2.15 bits per heavy atom. The van der Waals surface area contributed by atoms with Crippen molar-refractivity contribution in [3.8, 4) is 6.07 Å². The van der Waals surface area contributed by atoms with E-state index in [4.69, 9.17) is 16.9 Å². The number of rotatable bonds is 2. The molecule has 1 aromatic rings. The number of aliphatic hydroxyl groups is 1. The molecule has 1 N–H and O–H groups in total. The van der Waals surface area contributed by atoms with Crippen molar-refractivity contribution in [2.75, 3.05) is 4.90 Å². The molecule has 1 aliphatic rings. The predicted molar refractivity (Wildman–Crippen MR) is 77.5 cm³/mol. The zero-order valence-corrected chi connectivity index (χ0v) is 12.5. The van der Waals surface area contributed by atoms with E-state index in [9.17, 15) is 9.90 Å². The van der Waals surface area contributed by atoms with Gasteiger partial charge in [-0.1, -0.05) is 18.5 Å². The van der Waals surface area contributed by atoms with Gasteiger partial charge in [-0.15, -0.1) is 0 Å². The van der Waals surface area contributed by atoms with Crippen molar-refractivity contribution in [1.29, 1.82) is 5.26 Å². The number of aliphatic hydroxyl groups excluding tert-OH is 1. The van der Waals surface area contributed by atoms with Crippen LogP contribution >= 0.6 is 11.6 Å². The van der Waals surface area contributed by atoms with Crippen LogP contribution in [0.5, 0.6) is 0 Å². The third kappa shape index (κ3) is 2.07. The first-order valence-electron chi connectivity index (χ1n) is 6.56. The van der Waals surface area contributed by atoms with Gasteiger partial charge in [-0.2, -0.15) is 5.26 Å². The zero-order chi connectivity index (χ0) is 15.1. The highest BCUT2D eigenvalue weighted by Crippen LogP contribution is 2.40. The molecule has 0 aromatic heterocycles. The number of carbonyl (C=O) groups is 1. The first-order valence-corrected chi connectivity index (χ1v) is 6.93. The summed E-state index contributed by atoms with van der Waals surface area (Å²) in [6.45, 7) is 5.42. The SMILES string of the molecule is CC[C@H]1[C@@H](O)C(C)(C)C(=O)N1c1ccc(C#N)c(Cl)c1. The highest BCUT2D eigenvalue weighted by atomic mass is 35.5. The molecule has 1 saturated heterocycles. The van der Waals surface area contributed by atoms with Crippen LogP contribution in [0.2, 0.25) is 5.02 Å². The molecule has 1 fully saturated rings. The number of nitrogens with zero attached hydrogens (tertiary/aromatic N) is 2. The molecule has 4 nitrogen and oxygen atoms in total. The first-order chi connectivity index (χ1) is 9.34. The molecule has 1 heterocycles. The van der Waals surface area contributed by atoms with E-state index < -0.39 is 11.5 Å². The first kappa shape index (κ1) is 14.8. The average molecular weight is 293 g/mol. The number of halogens is 1. The van der Waals surface area contributed by atoms with E-state index in [1.165, 1.54) is 0 Å². The van der Waals surface area contributed by atoms with Crippen molar-refractivity contribution < 1.29 is 9.90 Å². The molecule has 0 spiro atoms.